The quantitative estimate of drug-likeness (QED) is 0.627. The summed E-state index contributed by atoms with van der Waals surface area (Å²) in [6.45, 7) is 4.70. The van der Waals surface area contributed by atoms with Crippen LogP contribution in [-0.2, 0) is 13.8 Å². The highest BCUT2D eigenvalue weighted by molar-refractivity contribution is 8.13. The number of ether oxygens (including phenoxy) is 1. The molecule has 11 heavy (non-hydrogen) atoms. The lowest BCUT2D eigenvalue weighted by Crippen LogP contribution is -2.14. The van der Waals surface area contributed by atoms with Gasteiger partial charge in [-0.1, -0.05) is 6.92 Å². The Morgan fingerprint density at radius 1 is 1.55 bits per heavy atom. The molecule has 1 unspecified atom stereocenters. The molecule has 1 atom stereocenters. The number of hydrogen-bond acceptors (Lipinski definition) is 3. The van der Waals surface area contributed by atoms with Crippen molar-refractivity contribution in [1.29, 1.82) is 0 Å². The van der Waals surface area contributed by atoms with Gasteiger partial charge >= 0.3 is 0 Å². The molecule has 0 aliphatic heterocycles. The van der Waals surface area contributed by atoms with Crippen LogP contribution in [0.5, 0.6) is 0 Å². The second-order valence-electron chi connectivity index (χ2n) is 2.47. The minimum atomic E-state index is -3.36. The van der Waals surface area contributed by atoms with E-state index in [1.165, 1.54) is 0 Å². The Morgan fingerprint density at radius 2 is 2.09 bits per heavy atom. The molecule has 0 amide bonds. The summed E-state index contributed by atoms with van der Waals surface area (Å²) >= 11 is 0. The molecule has 0 radical (unpaired) electrons. The van der Waals surface area contributed by atoms with Crippen LogP contribution in [0.2, 0.25) is 0 Å². The van der Waals surface area contributed by atoms with Crippen LogP contribution in [-0.4, -0.2) is 27.4 Å². The van der Waals surface area contributed by atoms with Gasteiger partial charge in [0.1, 0.15) is 0 Å². The van der Waals surface area contributed by atoms with Crippen molar-refractivity contribution in [2.75, 3.05) is 19.0 Å². The number of rotatable bonds is 5. The second-order valence-corrected chi connectivity index (χ2v) is 5.29. The van der Waals surface area contributed by atoms with Gasteiger partial charge in [0.05, 0.1) is 12.4 Å². The summed E-state index contributed by atoms with van der Waals surface area (Å²) in [4.78, 5) is 0. The Morgan fingerprint density at radius 3 is 2.45 bits per heavy atom. The van der Waals surface area contributed by atoms with Crippen LogP contribution >= 0.6 is 10.7 Å². The Labute approximate surface area is 72.1 Å². The summed E-state index contributed by atoms with van der Waals surface area (Å²) in [5.41, 5.74) is 0. The Kier molecular flexibility index (Phi) is 5.04. The zero-order valence-corrected chi connectivity index (χ0v) is 8.28. The van der Waals surface area contributed by atoms with Gasteiger partial charge in [0.25, 0.3) is 0 Å². The Bertz CT molecular complexity index is 188. The molecule has 0 bridgehead atoms. The third-order valence-corrected chi connectivity index (χ3v) is 2.44. The van der Waals surface area contributed by atoms with Crippen LogP contribution in [0.4, 0.5) is 0 Å². The summed E-state index contributed by atoms with van der Waals surface area (Å²) in [6.07, 6.45) is 0. The first-order valence-electron chi connectivity index (χ1n) is 3.45. The largest absolute Gasteiger partial charge is 0.381 e. The minimum Gasteiger partial charge on any atom is -0.381 e. The molecule has 0 spiro atoms. The molecule has 0 heterocycles. The van der Waals surface area contributed by atoms with Crippen molar-refractivity contribution in [2.24, 2.45) is 5.92 Å². The average molecular weight is 201 g/mol. The molecule has 0 aromatic carbocycles. The molecular weight excluding hydrogens is 188 g/mol. The fourth-order valence-electron chi connectivity index (χ4n) is 0.707. The van der Waals surface area contributed by atoms with Crippen molar-refractivity contribution in [1.82, 2.24) is 0 Å². The molecule has 0 rings (SSSR count). The molecule has 0 N–H and O–H groups in total. The third-order valence-electron chi connectivity index (χ3n) is 1.09. The van der Waals surface area contributed by atoms with E-state index in [0.29, 0.717) is 13.2 Å². The standard InChI is InChI=1S/C6H13ClO3S/c1-3-10-4-6(2)5-11(7,8)9/h6H,3-5H2,1-2H3. The first-order chi connectivity index (χ1) is 4.95. The van der Waals surface area contributed by atoms with Gasteiger partial charge in [-0.2, -0.15) is 0 Å². The minimum absolute atomic E-state index is 0.0193. The molecular formula is C6H13ClO3S. The van der Waals surface area contributed by atoms with Crippen molar-refractivity contribution in [3.63, 3.8) is 0 Å². The topological polar surface area (TPSA) is 43.4 Å². The molecule has 0 aliphatic rings. The van der Waals surface area contributed by atoms with Crippen molar-refractivity contribution in [3.8, 4) is 0 Å². The normalized spacial score (nSPS) is 14.8. The highest BCUT2D eigenvalue weighted by atomic mass is 35.7. The molecule has 0 fully saturated rings. The van der Waals surface area contributed by atoms with E-state index in [1.54, 1.807) is 6.92 Å². The molecule has 0 saturated heterocycles. The summed E-state index contributed by atoms with van der Waals surface area (Å²) < 4.78 is 26.0. The van der Waals surface area contributed by atoms with Gasteiger partial charge in [-0.3, -0.25) is 0 Å². The van der Waals surface area contributed by atoms with Crippen LogP contribution in [0.3, 0.4) is 0 Å². The third kappa shape index (κ3) is 8.10. The van der Waals surface area contributed by atoms with Crippen molar-refractivity contribution >= 4 is 19.7 Å². The maximum absolute atomic E-state index is 10.5. The predicted molar refractivity (Wildman–Crippen MR) is 45.3 cm³/mol. The lowest BCUT2D eigenvalue weighted by atomic mass is 10.2. The predicted octanol–water partition coefficient (Wildman–Crippen LogP) is 1.23. The van der Waals surface area contributed by atoms with E-state index in [-0.39, 0.29) is 11.7 Å². The second kappa shape index (κ2) is 4.95. The van der Waals surface area contributed by atoms with Gasteiger partial charge < -0.3 is 4.74 Å². The maximum Gasteiger partial charge on any atom is 0.232 e. The highest BCUT2D eigenvalue weighted by Crippen LogP contribution is 2.05. The summed E-state index contributed by atoms with van der Waals surface area (Å²) in [5, 5.41) is 0. The van der Waals surface area contributed by atoms with E-state index in [9.17, 15) is 8.42 Å². The zero-order valence-electron chi connectivity index (χ0n) is 6.71. The van der Waals surface area contributed by atoms with E-state index < -0.39 is 9.05 Å². The van der Waals surface area contributed by atoms with E-state index in [1.807, 2.05) is 6.92 Å². The first kappa shape index (κ1) is 11.2. The molecule has 3 nitrogen and oxygen atoms in total. The van der Waals surface area contributed by atoms with Gasteiger partial charge in [-0.05, 0) is 12.8 Å². The van der Waals surface area contributed by atoms with E-state index in [0.717, 1.165) is 0 Å². The average Bonchev–Trinajstić information content (AvgIpc) is 1.79. The summed E-state index contributed by atoms with van der Waals surface area (Å²) in [7, 11) is 1.66. The van der Waals surface area contributed by atoms with Crippen molar-refractivity contribution in [2.45, 2.75) is 13.8 Å². The molecule has 0 aliphatic carbocycles. The SMILES string of the molecule is CCOCC(C)CS(=O)(=O)Cl. The summed E-state index contributed by atoms with van der Waals surface area (Å²) in [5.74, 6) is -0.0494. The summed E-state index contributed by atoms with van der Waals surface area (Å²) in [6, 6.07) is 0. The van der Waals surface area contributed by atoms with E-state index >= 15 is 0 Å². The monoisotopic (exact) mass is 200 g/mol. The van der Waals surface area contributed by atoms with Crippen LogP contribution in [0, 0.1) is 5.92 Å². The van der Waals surface area contributed by atoms with Crippen LogP contribution in [0.1, 0.15) is 13.8 Å². The molecule has 0 saturated carbocycles. The van der Waals surface area contributed by atoms with Gasteiger partial charge in [-0.15, -0.1) is 0 Å². The highest BCUT2D eigenvalue weighted by Gasteiger charge is 2.11. The molecule has 0 aromatic heterocycles. The van der Waals surface area contributed by atoms with Gasteiger partial charge in [-0.25, -0.2) is 8.42 Å². The van der Waals surface area contributed by atoms with Crippen molar-refractivity contribution < 1.29 is 13.2 Å². The van der Waals surface area contributed by atoms with Crippen LogP contribution < -0.4 is 0 Å². The Hall–Kier alpha value is 0.200. The van der Waals surface area contributed by atoms with Gasteiger partial charge in [0.2, 0.25) is 9.05 Å². The molecule has 5 heteroatoms. The van der Waals surface area contributed by atoms with Gasteiger partial charge in [0.15, 0.2) is 0 Å². The fourth-order valence-corrected chi connectivity index (χ4v) is 2.13. The number of halogens is 1. The van der Waals surface area contributed by atoms with E-state index in [2.05, 4.69) is 0 Å². The first-order valence-corrected chi connectivity index (χ1v) is 5.93. The fraction of sp³-hybridized carbons (Fsp3) is 1.00. The van der Waals surface area contributed by atoms with Crippen molar-refractivity contribution in [3.05, 3.63) is 0 Å². The molecule has 0 aromatic rings. The van der Waals surface area contributed by atoms with Crippen LogP contribution in [0.15, 0.2) is 0 Å². The van der Waals surface area contributed by atoms with Gasteiger partial charge in [0, 0.05) is 17.3 Å². The van der Waals surface area contributed by atoms with Crippen LogP contribution in [0.25, 0.3) is 0 Å². The number of hydrogen-bond donors (Lipinski definition) is 0. The lowest BCUT2D eigenvalue weighted by molar-refractivity contribution is 0.122. The van der Waals surface area contributed by atoms with E-state index in [4.69, 9.17) is 15.4 Å². The Balaban J connectivity index is 3.61. The molecule has 68 valence electrons. The smallest absolute Gasteiger partial charge is 0.232 e. The maximum atomic E-state index is 10.5. The zero-order chi connectivity index (χ0) is 8.91. The lowest BCUT2D eigenvalue weighted by Gasteiger charge is -2.07.